The highest BCUT2D eigenvalue weighted by molar-refractivity contribution is 6.12. The summed E-state index contributed by atoms with van der Waals surface area (Å²) in [5, 5.41) is 3.55. The normalized spacial score (nSPS) is 17.7. The Morgan fingerprint density at radius 2 is 1.46 bits per heavy atom. The van der Waals surface area contributed by atoms with Crippen LogP contribution in [0.4, 0.5) is 22.7 Å². The van der Waals surface area contributed by atoms with Gasteiger partial charge in [-0.1, -0.05) is 24.3 Å². The quantitative estimate of drug-likeness (QED) is 0.0784. The van der Waals surface area contributed by atoms with Crippen LogP contribution in [0, 0.1) is 0 Å². The highest BCUT2D eigenvalue weighted by Crippen LogP contribution is 2.44. The van der Waals surface area contributed by atoms with Crippen molar-refractivity contribution in [2.75, 3.05) is 108 Å². The average Bonchev–Trinajstić information content (AvgIpc) is 3.87. The lowest BCUT2D eigenvalue weighted by Gasteiger charge is -2.26. The first kappa shape index (κ1) is 48.3. The Morgan fingerprint density at radius 1 is 0.757 bits per heavy atom. The average molecular weight is 957 g/mol. The summed E-state index contributed by atoms with van der Waals surface area (Å²) in [4.78, 5) is 48.5. The number of nitrogens with two attached hydrogens (primary N) is 1. The Bertz CT molecular complexity index is 2650. The monoisotopic (exact) mass is 956 g/mol. The molecule has 70 heavy (non-hydrogen) atoms. The molecule has 16 nitrogen and oxygen atoms in total. The largest absolute Gasteiger partial charge is 0.493 e. The van der Waals surface area contributed by atoms with Gasteiger partial charge in [-0.2, -0.15) is 0 Å². The number of anilines is 4. The minimum Gasteiger partial charge on any atom is -0.493 e. The molecule has 4 aromatic carbocycles. The molecule has 4 heterocycles. The van der Waals surface area contributed by atoms with Crippen LogP contribution >= 0.6 is 0 Å². The van der Waals surface area contributed by atoms with Crippen molar-refractivity contribution in [2.24, 2.45) is 5.73 Å². The standard InChI is InChI=1S/C54H64N6O10/c1-57-32-41-26-38-11-6-8-13-46(38)60(41)54(63)43-28-49(66-4)51(30-47(43)57)70-34-36-22-35(23-39(24-36)58(15-9-14-52(55)61)16-17-67-20-21-68-19-18-64-2)33-69-50-29-44-42(27-48(50)65-3)53(62)59-40(31-56-44)25-37-10-5-7-12-45(37)59/h6-8,11-13,22-24,27-30,40-41,56H,5,9-10,14-21,25-26,31-34H2,1-4H3,(H2,55,61)/t40-,41-/m0/s1. The number of hydrogen-bond acceptors (Lipinski definition) is 13. The fourth-order valence-electron chi connectivity index (χ4n) is 10.3. The maximum absolute atomic E-state index is 14.3. The van der Waals surface area contributed by atoms with Crippen molar-refractivity contribution >= 4 is 40.5 Å². The molecular formula is C54H64N6O10. The van der Waals surface area contributed by atoms with Crippen LogP contribution in [-0.4, -0.2) is 122 Å². The summed E-state index contributed by atoms with van der Waals surface area (Å²) in [7, 11) is 6.80. The van der Waals surface area contributed by atoms with Gasteiger partial charge < -0.3 is 63.8 Å². The van der Waals surface area contributed by atoms with E-state index in [0.29, 0.717) is 105 Å². The Hall–Kier alpha value is -6.75. The topological polar surface area (TPSA) is 167 Å². The number of carbonyl (C=O) groups is 3. The fourth-order valence-corrected chi connectivity index (χ4v) is 10.3. The van der Waals surface area contributed by atoms with E-state index in [1.54, 1.807) is 33.5 Å². The second-order valence-electron chi connectivity index (χ2n) is 18.3. The van der Waals surface area contributed by atoms with Crippen molar-refractivity contribution in [3.05, 3.63) is 118 Å². The molecule has 3 N–H and O–H groups in total. The molecule has 0 fully saturated rings. The van der Waals surface area contributed by atoms with Gasteiger partial charge in [0.2, 0.25) is 5.91 Å². The van der Waals surface area contributed by atoms with Gasteiger partial charge in [-0.3, -0.25) is 14.4 Å². The molecule has 5 aliphatic rings. The maximum atomic E-state index is 14.3. The predicted octanol–water partition coefficient (Wildman–Crippen LogP) is 6.88. The van der Waals surface area contributed by atoms with Gasteiger partial charge in [0.25, 0.3) is 11.8 Å². The number of hydrogen-bond donors (Lipinski definition) is 2. The van der Waals surface area contributed by atoms with Gasteiger partial charge in [-0.15, -0.1) is 0 Å². The van der Waals surface area contributed by atoms with Crippen molar-refractivity contribution in [3.63, 3.8) is 0 Å². The number of likely N-dealkylation sites (N-methyl/N-ethyl adjacent to an activating group) is 1. The van der Waals surface area contributed by atoms with Crippen LogP contribution in [0.25, 0.3) is 0 Å². The third-order valence-corrected chi connectivity index (χ3v) is 13.7. The van der Waals surface area contributed by atoms with Crippen LogP contribution in [0.1, 0.15) is 69.5 Å². The number of allylic oxidation sites excluding steroid dienone is 2. The van der Waals surface area contributed by atoms with Crippen LogP contribution in [-0.2, 0) is 38.6 Å². The zero-order valence-electron chi connectivity index (χ0n) is 40.6. The number of methoxy groups -OCH3 is 3. The zero-order chi connectivity index (χ0) is 48.7. The van der Waals surface area contributed by atoms with Gasteiger partial charge in [0, 0.05) is 76.0 Å². The highest BCUT2D eigenvalue weighted by Gasteiger charge is 2.41. The van der Waals surface area contributed by atoms with Crippen LogP contribution in [0.2, 0.25) is 0 Å². The van der Waals surface area contributed by atoms with E-state index in [1.807, 2.05) is 53.2 Å². The highest BCUT2D eigenvalue weighted by atomic mass is 16.5. The van der Waals surface area contributed by atoms with E-state index in [4.69, 9.17) is 38.9 Å². The van der Waals surface area contributed by atoms with Gasteiger partial charge in [-0.25, -0.2) is 0 Å². The third-order valence-electron chi connectivity index (χ3n) is 13.7. The lowest BCUT2D eigenvalue weighted by Crippen LogP contribution is -2.41. The first-order valence-electron chi connectivity index (χ1n) is 24.2. The number of para-hydroxylation sites is 1. The number of nitrogens with one attached hydrogen (secondary N) is 1. The van der Waals surface area contributed by atoms with E-state index in [1.165, 1.54) is 11.1 Å². The molecule has 0 unspecified atom stereocenters. The summed E-state index contributed by atoms with van der Waals surface area (Å²) in [5.41, 5.74) is 15.2. The number of ether oxygens (including phenoxy) is 7. The molecule has 1 aliphatic carbocycles. The number of nitrogens with zero attached hydrogens (tertiary/aromatic N) is 4. The van der Waals surface area contributed by atoms with E-state index in [-0.39, 0.29) is 49.4 Å². The van der Waals surface area contributed by atoms with E-state index < -0.39 is 0 Å². The summed E-state index contributed by atoms with van der Waals surface area (Å²) in [6.07, 6.45) is 8.61. The van der Waals surface area contributed by atoms with Crippen molar-refractivity contribution in [1.29, 1.82) is 0 Å². The summed E-state index contributed by atoms with van der Waals surface area (Å²) in [6, 6.07) is 21.6. The van der Waals surface area contributed by atoms with Crippen molar-refractivity contribution < 1.29 is 47.5 Å². The van der Waals surface area contributed by atoms with E-state index in [2.05, 4.69) is 45.5 Å². The van der Waals surface area contributed by atoms with Crippen LogP contribution in [0.5, 0.6) is 23.0 Å². The number of rotatable bonds is 22. The first-order valence-corrected chi connectivity index (χ1v) is 24.2. The molecule has 370 valence electrons. The second kappa shape index (κ2) is 21.9. The van der Waals surface area contributed by atoms with E-state index >= 15 is 0 Å². The first-order chi connectivity index (χ1) is 34.1. The molecular weight excluding hydrogens is 893 g/mol. The minimum atomic E-state index is -0.369. The summed E-state index contributed by atoms with van der Waals surface area (Å²) in [6.45, 7) is 4.88. The van der Waals surface area contributed by atoms with Crippen molar-refractivity contribution in [1.82, 2.24) is 4.90 Å². The molecule has 4 aromatic rings. The molecule has 0 radical (unpaired) electrons. The fraction of sp³-hybridized carbons (Fsp3) is 0.426. The molecule has 9 rings (SSSR count). The van der Waals surface area contributed by atoms with Crippen LogP contribution in [0.3, 0.4) is 0 Å². The molecule has 0 aromatic heterocycles. The molecule has 3 amide bonds. The molecule has 0 bridgehead atoms. The summed E-state index contributed by atoms with van der Waals surface area (Å²) >= 11 is 0. The SMILES string of the molecule is COCCOCCOCCN(CCCC(N)=O)c1cc(COc2cc3c(cc2OC)C(=O)N2C4=C(CCC=C4)C[C@H]2CN3)cc(COc2cc3c(cc2OC)C(=O)N2c4ccccc4C[C@H]2CN3C)c1. The number of primary amides is 1. The lowest BCUT2D eigenvalue weighted by atomic mass is 10.0. The van der Waals surface area contributed by atoms with Gasteiger partial charge in [-0.05, 0) is 96.8 Å². The lowest BCUT2D eigenvalue weighted by molar-refractivity contribution is -0.118. The number of fused-ring (bicyclic) bond motifs is 7. The molecule has 0 saturated carbocycles. The second-order valence-corrected chi connectivity index (χ2v) is 18.3. The number of amides is 3. The predicted molar refractivity (Wildman–Crippen MR) is 268 cm³/mol. The minimum absolute atomic E-state index is 0.00544. The van der Waals surface area contributed by atoms with Gasteiger partial charge in [0.1, 0.15) is 13.2 Å². The van der Waals surface area contributed by atoms with Crippen LogP contribution < -0.4 is 44.7 Å². The molecule has 0 spiro atoms. The van der Waals surface area contributed by atoms with Gasteiger partial charge in [0.05, 0.1) is 81.8 Å². The van der Waals surface area contributed by atoms with Crippen molar-refractivity contribution in [3.8, 4) is 23.0 Å². The zero-order valence-corrected chi connectivity index (χ0v) is 40.6. The smallest absolute Gasteiger partial charge is 0.260 e. The molecule has 4 aliphatic heterocycles. The third kappa shape index (κ3) is 10.4. The van der Waals surface area contributed by atoms with Gasteiger partial charge >= 0.3 is 0 Å². The Labute approximate surface area is 409 Å². The van der Waals surface area contributed by atoms with Crippen LogP contribution in [0.15, 0.2) is 90.2 Å². The summed E-state index contributed by atoms with van der Waals surface area (Å²) < 4.78 is 41.7. The van der Waals surface area contributed by atoms with Gasteiger partial charge in [0.15, 0.2) is 23.0 Å². The Balaban J connectivity index is 0.988. The van der Waals surface area contributed by atoms with E-state index in [9.17, 15) is 14.4 Å². The Morgan fingerprint density at radius 3 is 2.20 bits per heavy atom. The number of carbonyl (C=O) groups excluding carboxylic acids is 3. The van der Waals surface area contributed by atoms with Crippen molar-refractivity contribution in [2.45, 2.75) is 63.8 Å². The number of benzene rings is 4. The summed E-state index contributed by atoms with van der Waals surface area (Å²) in [5.74, 6) is 1.37. The van der Waals surface area contributed by atoms with E-state index in [0.717, 1.165) is 59.6 Å². The molecule has 16 heteroatoms. The Kier molecular flexibility index (Phi) is 15.1. The maximum Gasteiger partial charge on any atom is 0.260 e. The molecule has 0 saturated heterocycles. The molecule has 2 atom stereocenters.